The Kier molecular flexibility index (Phi) is 4.47. The Hall–Kier alpha value is -1.51. The predicted octanol–water partition coefficient (Wildman–Crippen LogP) is 3.39. The molecule has 1 aromatic rings. The molecule has 1 saturated carbocycles. The molecule has 0 spiro atoms. The van der Waals surface area contributed by atoms with Gasteiger partial charge in [0.1, 0.15) is 5.75 Å². The van der Waals surface area contributed by atoms with E-state index in [1.54, 1.807) is 0 Å². The highest BCUT2D eigenvalue weighted by Crippen LogP contribution is 2.30. The van der Waals surface area contributed by atoms with Crippen molar-refractivity contribution in [3.8, 4) is 5.75 Å². The number of hydrogen-bond acceptors (Lipinski definition) is 2. The Bertz CT molecular complexity index is 506. The molecule has 2 aliphatic rings. The Morgan fingerprint density at radius 3 is 2.76 bits per heavy atom. The van der Waals surface area contributed by atoms with Crippen LogP contribution in [0.15, 0.2) is 18.2 Å². The first kappa shape index (κ1) is 14.4. The highest BCUT2D eigenvalue weighted by atomic mass is 16.5. The maximum atomic E-state index is 12.2. The molecule has 1 fully saturated rings. The summed E-state index contributed by atoms with van der Waals surface area (Å²) in [6, 6.07) is 6.59. The van der Waals surface area contributed by atoms with Crippen molar-refractivity contribution in [2.45, 2.75) is 70.4 Å². The zero-order valence-corrected chi connectivity index (χ0v) is 12.9. The fraction of sp³-hybridized carbons (Fsp3) is 0.611. The van der Waals surface area contributed by atoms with E-state index in [0.29, 0.717) is 6.04 Å². The van der Waals surface area contributed by atoms with Crippen molar-refractivity contribution >= 4 is 5.91 Å². The highest BCUT2D eigenvalue weighted by Gasteiger charge is 2.23. The molecular formula is C18H25NO2. The number of carbonyl (C=O) groups excluding carboxylic acids is 1. The summed E-state index contributed by atoms with van der Waals surface area (Å²) < 4.78 is 5.97. The Balaban J connectivity index is 1.64. The van der Waals surface area contributed by atoms with E-state index >= 15 is 0 Å². The summed E-state index contributed by atoms with van der Waals surface area (Å²) in [7, 11) is 0. The quantitative estimate of drug-likeness (QED) is 0.922. The largest absolute Gasteiger partial charge is 0.481 e. The van der Waals surface area contributed by atoms with Gasteiger partial charge in [-0.3, -0.25) is 4.79 Å². The molecule has 3 nitrogen and oxygen atoms in total. The third-order valence-electron chi connectivity index (χ3n) is 4.73. The lowest BCUT2D eigenvalue weighted by Crippen LogP contribution is -2.41. The normalized spacial score (nSPS) is 19.9. The zero-order valence-electron chi connectivity index (χ0n) is 12.9. The van der Waals surface area contributed by atoms with Crippen LogP contribution >= 0.6 is 0 Å². The molecule has 2 aliphatic carbocycles. The monoisotopic (exact) mass is 287 g/mol. The van der Waals surface area contributed by atoms with E-state index in [0.717, 1.165) is 31.4 Å². The van der Waals surface area contributed by atoms with Crippen molar-refractivity contribution in [3.63, 3.8) is 0 Å². The van der Waals surface area contributed by atoms with E-state index in [9.17, 15) is 4.79 Å². The second-order valence-corrected chi connectivity index (χ2v) is 6.35. The fourth-order valence-electron chi connectivity index (χ4n) is 3.49. The van der Waals surface area contributed by atoms with Gasteiger partial charge >= 0.3 is 0 Å². The molecule has 114 valence electrons. The van der Waals surface area contributed by atoms with Crippen LogP contribution in [-0.4, -0.2) is 18.1 Å². The minimum absolute atomic E-state index is 0.0234. The lowest BCUT2D eigenvalue weighted by atomic mass is 9.91. The van der Waals surface area contributed by atoms with Crippen LogP contribution in [0.4, 0.5) is 0 Å². The molecule has 1 atom stereocenters. The summed E-state index contributed by atoms with van der Waals surface area (Å²) in [5, 5.41) is 3.11. The summed E-state index contributed by atoms with van der Waals surface area (Å²) in [5.74, 6) is 0.927. The predicted molar refractivity (Wildman–Crippen MR) is 83.6 cm³/mol. The number of rotatable bonds is 4. The molecule has 1 amide bonds. The van der Waals surface area contributed by atoms with E-state index in [4.69, 9.17) is 4.74 Å². The number of hydrogen-bond donors (Lipinski definition) is 1. The van der Waals surface area contributed by atoms with Crippen molar-refractivity contribution < 1.29 is 9.53 Å². The topological polar surface area (TPSA) is 38.3 Å². The van der Waals surface area contributed by atoms with Crippen LogP contribution in [-0.2, 0) is 17.6 Å². The second kappa shape index (κ2) is 6.50. The molecule has 3 rings (SSSR count). The van der Waals surface area contributed by atoms with Gasteiger partial charge in [-0.1, -0.05) is 25.0 Å². The number of ether oxygens (including phenoxy) is 1. The summed E-state index contributed by atoms with van der Waals surface area (Å²) >= 11 is 0. The van der Waals surface area contributed by atoms with Crippen molar-refractivity contribution in [1.29, 1.82) is 0 Å². The average molecular weight is 287 g/mol. The van der Waals surface area contributed by atoms with Crippen LogP contribution in [0.2, 0.25) is 0 Å². The number of nitrogens with one attached hydrogen (secondary N) is 1. The molecule has 0 aromatic heterocycles. The first-order valence-corrected chi connectivity index (χ1v) is 8.32. The minimum Gasteiger partial charge on any atom is -0.481 e. The van der Waals surface area contributed by atoms with E-state index in [1.165, 1.54) is 36.8 Å². The van der Waals surface area contributed by atoms with Gasteiger partial charge in [0, 0.05) is 6.04 Å². The summed E-state index contributed by atoms with van der Waals surface area (Å²) in [6.07, 6.45) is 8.94. The molecule has 0 aliphatic heterocycles. The van der Waals surface area contributed by atoms with E-state index in [1.807, 2.05) is 19.1 Å². The highest BCUT2D eigenvalue weighted by molar-refractivity contribution is 5.81. The van der Waals surface area contributed by atoms with E-state index in [-0.39, 0.29) is 5.91 Å². The number of aryl methyl sites for hydroxylation is 1. The molecular weight excluding hydrogens is 262 g/mol. The molecule has 0 bridgehead atoms. The number of benzene rings is 1. The average Bonchev–Trinajstić information content (AvgIpc) is 3.00. The van der Waals surface area contributed by atoms with Crippen molar-refractivity contribution in [2.75, 3.05) is 0 Å². The van der Waals surface area contributed by atoms with Gasteiger partial charge in [0.15, 0.2) is 6.10 Å². The van der Waals surface area contributed by atoms with Crippen molar-refractivity contribution in [2.24, 2.45) is 0 Å². The van der Waals surface area contributed by atoms with Crippen molar-refractivity contribution in [3.05, 3.63) is 29.3 Å². The van der Waals surface area contributed by atoms with Gasteiger partial charge in [-0.25, -0.2) is 0 Å². The molecule has 0 radical (unpaired) electrons. The van der Waals surface area contributed by atoms with Gasteiger partial charge in [0.05, 0.1) is 0 Å². The third kappa shape index (κ3) is 3.39. The Labute approximate surface area is 127 Å². The van der Waals surface area contributed by atoms with Gasteiger partial charge in [0.2, 0.25) is 0 Å². The van der Waals surface area contributed by atoms with Gasteiger partial charge in [-0.15, -0.1) is 0 Å². The van der Waals surface area contributed by atoms with Crippen LogP contribution < -0.4 is 10.1 Å². The molecule has 3 heteroatoms. The molecule has 1 N–H and O–H groups in total. The molecule has 0 heterocycles. The molecule has 21 heavy (non-hydrogen) atoms. The van der Waals surface area contributed by atoms with Gasteiger partial charge < -0.3 is 10.1 Å². The number of amides is 1. The second-order valence-electron chi connectivity index (χ2n) is 6.35. The maximum Gasteiger partial charge on any atom is 0.260 e. The number of carbonyl (C=O) groups is 1. The lowest BCUT2D eigenvalue weighted by molar-refractivity contribution is -0.128. The van der Waals surface area contributed by atoms with Crippen LogP contribution in [0.5, 0.6) is 5.75 Å². The van der Waals surface area contributed by atoms with E-state index < -0.39 is 6.10 Å². The Morgan fingerprint density at radius 2 is 1.95 bits per heavy atom. The Morgan fingerprint density at radius 1 is 1.19 bits per heavy atom. The first-order chi connectivity index (χ1) is 10.2. The maximum absolute atomic E-state index is 12.2. The fourth-order valence-corrected chi connectivity index (χ4v) is 3.49. The standard InChI is InChI=1S/C18H25NO2/c1-13(18(20)19-15-9-3-4-10-15)21-17-12-6-8-14-7-2-5-11-16(14)17/h6,8,12-13,15H,2-5,7,9-11H2,1H3,(H,19,20)/t13-/m0/s1. The van der Waals surface area contributed by atoms with E-state index in [2.05, 4.69) is 11.4 Å². The third-order valence-corrected chi connectivity index (χ3v) is 4.73. The summed E-state index contributed by atoms with van der Waals surface area (Å²) in [4.78, 5) is 12.2. The smallest absolute Gasteiger partial charge is 0.260 e. The van der Waals surface area contributed by atoms with Gasteiger partial charge in [-0.2, -0.15) is 0 Å². The SMILES string of the molecule is C[C@H](Oc1cccc2c1CCCC2)C(=O)NC1CCCC1. The first-order valence-electron chi connectivity index (χ1n) is 8.32. The minimum atomic E-state index is -0.418. The molecule has 0 saturated heterocycles. The molecule has 1 aromatic carbocycles. The van der Waals surface area contributed by atoms with Crippen LogP contribution in [0, 0.1) is 0 Å². The van der Waals surface area contributed by atoms with Gasteiger partial charge in [-0.05, 0) is 62.6 Å². The van der Waals surface area contributed by atoms with Crippen molar-refractivity contribution in [1.82, 2.24) is 5.32 Å². The number of fused-ring (bicyclic) bond motifs is 1. The van der Waals surface area contributed by atoms with Crippen LogP contribution in [0.3, 0.4) is 0 Å². The van der Waals surface area contributed by atoms with Gasteiger partial charge in [0.25, 0.3) is 5.91 Å². The zero-order chi connectivity index (χ0) is 14.7. The molecule has 0 unspecified atom stereocenters. The lowest BCUT2D eigenvalue weighted by Gasteiger charge is -2.23. The summed E-state index contributed by atoms with van der Waals surface area (Å²) in [6.45, 7) is 1.85. The van der Waals surface area contributed by atoms with Crippen LogP contribution in [0.1, 0.15) is 56.6 Å². The summed E-state index contributed by atoms with van der Waals surface area (Å²) in [5.41, 5.74) is 2.70. The van der Waals surface area contributed by atoms with Crippen LogP contribution in [0.25, 0.3) is 0 Å².